The van der Waals surface area contributed by atoms with E-state index in [1.807, 2.05) is 12.1 Å². The van der Waals surface area contributed by atoms with Gasteiger partial charge >= 0.3 is 0 Å². The molecule has 5 heteroatoms. The van der Waals surface area contributed by atoms with E-state index in [0.717, 1.165) is 17.3 Å². The van der Waals surface area contributed by atoms with Crippen molar-refractivity contribution < 1.29 is 9.53 Å². The molecule has 0 bridgehead atoms. The third-order valence-corrected chi connectivity index (χ3v) is 3.26. The first kappa shape index (κ1) is 13.6. The molecule has 1 aliphatic carbocycles. The largest absolute Gasteiger partial charge is 0.496 e. The van der Waals surface area contributed by atoms with Gasteiger partial charge in [0.1, 0.15) is 17.4 Å². The Kier molecular flexibility index (Phi) is 4.23. The molecule has 1 saturated carbocycles. The minimum absolute atomic E-state index is 0.0864. The minimum Gasteiger partial charge on any atom is -0.496 e. The van der Waals surface area contributed by atoms with Crippen molar-refractivity contribution in [2.24, 2.45) is 0 Å². The van der Waals surface area contributed by atoms with Gasteiger partial charge in [-0.05, 0) is 37.1 Å². The van der Waals surface area contributed by atoms with Crippen LogP contribution >= 0.6 is 15.9 Å². The van der Waals surface area contributed by atoms with Crippen molar-refractivity contribution in [2.45, 2.75) is 18.9 Å². The van der Waals surface area contributed by atoms with E-state index in [2.05, 4.69) is 21.2 Å². The molecule has 1 N–H and O–H groups in total. The summed E-state index contributed by atoms with van der Waals surface area (Å²) in [5, 5.41) is 11.9. The second-order valence-electron chi connectivity index (χ2n) is 4.30. The number of rotatable bonds is 4. The van der Waals surface area contributed by atoms with Gasteiger partial charge in [0, 0.05) is 16.1 Å². The summed E-state index contributed by atoms with van der Waals surface area (Å²) < 4.78 is 6.07. The second-order valence-corrected chi connectivity index (χ2v) is 5.22. The lowest BCUT2D eigenvalue weighted by atomic mass is 10.1. The summed E-state index contributed by atoms with van der Waals surface area (Å²) in [4.78, 5) is 11.9. The van der Waals surface area contributed by atoms with Crippen LogP contribution in [-0.2, 0) is 4.79 Å². The van der Waals surface area contributed by atoms with Crippen molar-refractivity contribution in [3.05, 3.63) is 33.8 Å². The highest BCUT2D eigenvalue weighted by Gasteiger charge is 2.24. The Labute approximate surface area is 120 Å². The number of carbonyl (C=O) groups excluding carboxylic acids is 1. The fraction of sp³-hybridized carbons (Fsp3) is 0.286. The van der Waals surface area contributed by atoms with E-state index in [1.54, 1.807) is 25.3 Å². The second kappa shape index (κ2) is 5.89. The quantitative estimate of drug-likeness (QED) is 0.685. The fourth-order valence-electron chi connectivity index (χ4n) is 1.61. The van der Waals surface area contributed by atoms with Gasteiger partial charge in [-0.25, -0.2) is 0 Å². The molecule has 0 heterocycles. The van der Waals surface area contributed by atoms with E-state index in [1.165, 1.54) is 0 Å². The number of amides is 1. The maximum absolute atomic E-state index is 11.9. The van der Waals surface area contributed by atoms with Crippen LogP contribution in [0.3, 0.4) is 0 Å². The average molecular weight is 321 g/mol. The van der Waals surface area contributed by atoms with Gasteiger partial charge in [-0.15, -0.1) is 0 Å². The normalized spacial score (nSPS) is 14.7. The number of methoxy groups -OCH3 is 1. The van der Waals surface area contributed by atoms with Crippen LogP contribution in [-0.4, -0.2) is 19.1 Å². The highest BCUT2D eigenvalue weighted by Crippen LogP contribution is 2.25. The molecule has 1 aromatic carbocycles. The maximum atomic E-state index is 11.9. The molecule has 1 fully saturated rings. The summed E-state index contributed by atoms with van der Waals surface area (Å²) in [6.45, 7) is 0. The first-order chi connectivity index (χ1) is 9.13. The Morgan fingerprint density at radius 3 is 2.89 bits per heavy atom. The number of nitriles is 1. The van der Waals surface area contributed by atoms with Crippen LogP contribution in [0.15, 0.2) is 28.2 Å². The van der Waals surface area contributed by atoms with Gasteiger partial charge < -0.3 is 10.1 Å². The molecular formula is C14H13BrN2O2. The lowest BCUT2D eigenvalue weighted by molar-refractivity contribution is -0.117. The number of ether oxygens (including phenoxy) is 1. The van der Waals surface area contributed by atoms with Crippen LogP contribution in [0, 0.1) is 11.3 Å². The number of nitrogens with one attached hydrogen (secondary N) is 1. The molecule has 0 saturated heterocycles. The molecule has 1 aromatic rings. The predicted octanol–water partition coefficient (Wildman–Crippen LogP) is 2.64. The molecule has 1 amide bonds. The highest BCUT2D eigenvalue weighted by atomic mass is 79.9. The van der Waals surface area contributed by atoms with Gasteiger partial charge in [-0.3, -0.25) is 4.79 Å². The molecule has 98 valence electrons. The standard InChI is InChI=1S/C14H13BrN2O2/c1-19-13-5-2-11(15)7-9(13)6-10(8-16)14(18)17-12-3-4-12/h2,5-7,12H,3-4H2,1H3,(H,17,18). The third kappa shape index (κ3) is 3.58. The van der Waals surface area contributed by atoms with Crippen molar-refractivity contribution in [3.8, 4) is 11.8 Å². The van der Waals surface area contributed by atoms with Gasteiger partial charge in [0.15, 0.2) is 0 Å². The van der Waals surface area contributed by atoms with Crippen LogP contribution in [0.4, 0.5) is 0 Å². The van der Waals surface area contributed by atoms with E-state index in [0.29, 0.717) is 11.3 Å². The van der Waals surface area contributed by atoms with Gasteiger partial charge in [-0.2, -0.15) is 5.26 Å². The zero-order valence-corrected chi connectivity index (χ0v) is 12.0. The third-order valence-electron chi connectivity index (χ3n) is 2.77. The van der Waals surface area contributed by atoms with Crippen LogP contribution in [0.1, 0.15) is 18.4 Å². The van der Waals surface area contributed by atoms with Crippen LogP contribution in [0.25, 0.3) is 6.08 Å². The van der Waals surface area contributed by atoms with Gasteiger partial charge in [0.25, 0.3) is 5.91 Å². The van der Waals surface area contributed by atoms with Crippen LogP contribution in [0.5, 0.6) is 5.75 Å². The molecule has 19 heavy (non-hydrogen) atoms. The van der Waals surface area contributed by atoms with E-state index in [-0.39, 0.29) is 17.5 Å². The Balaban J connectivity index is 2.28. The zero-order valence-electron chi connectivity index (χ0n) is 10.4. The Morgan fingerprint density at radius 2 is 2.32 bits per heavy atom. The SMILES string of the molecule is COc1ccc(Br)cc1C=C(C#N)C(=O)NC1CC1. The number of hydrogen-bond donors (Lipinski definition) is 1. The van der Waals surface area contributed by atoms with Crippen molar-refractivity contribution >= 4 is 27.9 Å². The average Bonchev–Trinajstić information content (AvgIpc) is 3.19. The monoisotopic (exact) mass is 320 g/mol. The van der Waals surface area contributed by atoms with E-state index < -0.39 is 0 Å². The van der Waals surface area contributed by atoms with Crippen molar-refractivity contribution in [1.82, 2.24) is 5.32 Å². The van der Waals surface area contributed by atoms with Gasteiger partial charge in [0.2, 0.25) is 0 Å². The predicted molar refractivity (Wildman–Crippen MR) is 75.4 cm³/mol. The van der Waals surface area contributed by atoms with E-state index in [4.69, 9.17) is 10.00 Å². The van der Waals surface area contributed by atoms with Crippen LogP contribution < -0.4 is 10.1 Å². The Morgan fingerprint density at radius 1 is 1.58 bits per heavy atom. The maximum Gasteiger partial charge on any atom is 0.262 e. The summed E-state index contributed by atoms with van der Waals surface area (Å²) in [5.41, 5.74) is 0.780. The molecule has 0 spiro atoms. The topological polar surface area (TPSA) is 62.1 Å². The molecule has 0 atom stereocenters. The zero-order chi connectivity index (χ0) is 13.8. The minimum atomic E-state index is -0.327. The summed E-state index contributed by atoms with van der Waals surface area (Å²) in [6, 6.07) is 7.59. The Bertz CT molecular complexity index is 571. The number of halogens is 1. The smallest absolute Gasteiger partial charge is 0.262 e. The lowest BCUT2D eigenvalue weighted by Crippen LogP contribution is -2.26. The Hall–Kier alpha value is -1.80. The summed E-state index contributed by atoms with van der Waals surface area (Å²) in [5.74, 6) is 0.294. The summed E-state index contributed by atoms with van der Waals surface area (Å²) in [6.07, 6.45) is 3.52. The number of benzene rings is 1. The first-order valence-electron chi connectivity index (χ1n) is 5.90. The highest BCUT2D eigenvalue weighted by molar-refractivity contribution is 9.10. The van der Waals surface area contributed by atoms with Crippen molar-refractivity contribution in [3.63, 3.8) is 0 Å². The molecule has 2 rings (SSSR count). The summed E-state index contributed by atoms with van der Waals surface area (Å²) >= 11 is 3.36. The fourth-order valence-corrected chi connectivity index (χ4v) is 1.99. The molecule has 0 radical (unpaired) electrons. The molecular weight excluding hydrogens is 308 g/mol. The number of nitrogens with zero attached hydrogens (tertiary/aromatic N) is 1. The van der Waals surface area contributed by atoms with E-state index >= 15 is 0 Å². The van der Waals surface area contributed by atoms with Crippen LogP contribution in [0.2, 0.25) is 0 Å². The van der Waals surface area contributed by atoms with Gasteiger partial charge in [0.05, 0.1) is 7.11 Å². The molecule has 4 nitrogen and oxygen atoms in total. The van der Waals surface area contributed by atoms with Gasteiger partial charge in [-0.1, -0.05) is 15.9 Å². The van der Waals surface area contributed by atoms with Crippen molar-refractivity contribution in [2.75, 3.05) is 7.11 Å². The summed E-state index contributed by atoms with van der Waals surface area (Å²) in [7, 11) is 1.55. The van der Waals surface area contributed by atoms with E-state index in [9.17, 15) is 4.79 Å². The molecule has 1 aliphatic rings. The number of carbonyl (C=O) groups is 1. The molecule has 0 unspecified atom stereocenters. The lowest BCUT2D eigenvalue weighted by Gasteiger charge is -2.06. The van der Waals surface area contributed by atoms with Crippen molar-refractivity contribution in [1.29, 1.82) is 5.26 Å². The number of hydrogen-bond acceptors (Lipinski definition) is 3. The molecule has 0 aromatic heterocycles. The first-order valence-corrected chi connectivity index (χ1v) is 6.69. The molecule has 0 aliphatic heterocycles.